The third-order valence-corrected chi connectivity index (χ3v) is 3.60. The molecule has 1 aliphatic carbocycles. The van der Waals surface area contributed by atoms with Gasteiger partial charge in [0, 0.05) is 19.1 Å². The van der Waals surface area contributed by atoms with Gasteiger partial charge in [0.1, 0.15) is 0 Å². The average Bonchev–Trinajstić information content (AvgIpc) is 2.11. The molecule has 2 aliphatic rings. The van der Waals surface area contributed by atoms with Crippen LogP contribution in [0, 0.1) is 5.92 Å². The summed E-state index contributed by atoms with van der Waals surface area (Å²) in [5.41, 5.74) is 6.17. The van der Waals surface area contributed by atoms with Crippen LogP contribution in [0.15, 0.2) is 0 Å². The van der Waals surface area contributed by atoms with Crippen LogP contribution >= 0.6 is 0 Å². The molecule has 2 unspecified atom stereocenters. The van der Waals surface area contributed by atoms with Crippen molar-refractivity contribution in [2.75, 3.05) is 26.7 Å². The van der Waals surface area contributed by atoms with E-state index in [2.05, 4.69) is 11.9 Å². The van der Waals surface area contributed by atoms with Gasteiger partial charge < -0.3 is 15.4 Å². The van der Waals surface area contributed by atoms with Crippen LogP contribution in [0.4, 0.5) is 0 Å². The first-order valence-corrected chi connectivity index (χ1v) is 5.81. The molecule has 0 aromatic rings. The SMILES string of the molecule is CN1CCOC(C(N)CC2CCC2)C1. The Morgan fingerprint density at radius 1 is 1.50 bits per heavy atom. The van der Waals surface area contributed by atoms with Crippen molar-refractivity contribution in [2.45, 2.75) is 37.8 Å². The molecule has 0 aromatic carbocycles. The first kappa shape index (κ1) is 10.4. The number of likely N-dealkylation sites (N-methyl/N-ethyl adjacent to an activating group) is 1. The highest BCUT2D eigenvalue weighted by Crippen LogP contribution is 2.31. The Hall–Kier alpha value is -0.120. The van der Waals surface area contributed by atoms with Crippen molar-refractivity contribution in [2.24, 2.45) is 11.7 Å². The van der Waals surface area contributed by atoms with E-state index < -0.39 is 0 Å². The Morgan fingerprint density at radius 2 is 2.29 bits per heavy atom. The molecule has 1 saturated carbocycles. The summed E-state index contributed by atoms with van der Waals surface area (Å²) in [7, 11) is 2.14. The molecule has 0 amide bonds. The molecule has 2 atom stereocenters. The maximum Gasteiger partial charge on any atom is 0.0853 e. The normalized spacial score (nSPS) is 32.6. The van der Waals surface area contributed by atoms with Gasteiger partial charge in [0.2, 0.25) is 0 Å². The first-order valence-electron chi connectivity index (χ1n) is 5.81. The predicted molar refractivity (Wildman–Crippen MR) is 57.2 cm³/mol. The van der Waals surface area contributed by atoms with Gasteiger partial charge in [-0.05, 0) is 19.4 Å². The second kappa shape index (κ2) is 4.60. The Balaban J connectivity index is 1.74. The Morgan fingerprint density at radius 3 is 2.86 bits per heavy atom. The molecule has 82 valence electrons. The fourth-order valence-corrected chi connectivity index (χ4v) is 2.34. The van der Waals surface area contributed by atoms with Crippen molar-refractivity contribution < 1.29 is 4.74 Å². The molecule has 3 heteroatoms. The highest BCUT2D eigenvalue weighted by molar-refractivity contribution is 4.83. The first-order chi connectivity index (χ1) is 6.75. The summed E-state index contributed by atoms with van der Waals surface area (Å²) < 4.78 is 5.71. The predicted octanol–water partition coefficient (Wildman–Crippen LogP) is 0.834. The molecule has 1 aliphatic heterocycles. The van der Waals surface area contributed by atoms with E-state index in [0.29, 0.717) is 0 Å². The van der Waals surface area contributed by atoms with Crippen molar-refractivity contribution in [3.8, 4) is 0 Å². The molecule has 1 heterocycles. The van der Waals surface area contributed by atoms with Crippen molar-refractivity contribution >= 4 is 0 Å². The van der Waals surface area contributed by atoms with E-state index in [9.17, 15) is 0 Å². The zero-order valence-corrected chi connectivity index (χ0v) is 9.11. The molecule has 1 saturated heterocycles. The van der Waals surface area contributed by atoms with Crippen LogP contribution in [-0.2, 0) is 4.74 Å². The lowest BCUT2D eigenvalue weighted by molar-refractivity contribution is -0.0372. The number of nitrogens with two attached hydrogens (primary N) is 1. The zero-order valence-electron chi connectivity index (χ0n) is 9.11. The molecule has 2 N–H and O–H groups in total. The van der Waals surface area contributed by atoms with Gasteiger partial charge in [-0.15, -0.1) is 0 Å². The number of ether oxygens (including phenoxy) is 1. The van der Waals surface area contributed by atoms with Gasteiger partial charge in [-0.1, -0.05) is 19.3 Å². The second-order valence-corrected chi connectivity index (χ2v) is 4.87. The van der Waals surface area contributed by atoms with E-state index in [1.165, 1.54) is 25.7 Å². The maximum atomic E-state index is 6.17. The van der Waals surface area contributed by atoms with E-state index in [0.717, 1.165) is 25.6 Å². The van der Waals surface area contributed by atoms with Crippen LogP contribution in [-0.4, -0.2) is 43.8 Å². The van der Waals surface area contributed by atoms with Crippen molar-refractivity contribution in [1.29, 1.82) is 0 Å². The smallest absolute Gasteiger partial charge is 0.0853 e. The fourth-order valence-electron chi connectivity index (χ4n) is 2.34. The molecule has 2 fully saturated rings. The molecule has 0 bridgehead atoms. The van der Waals surface area contributed by atoms with Gasteiger partial charge in [0.15, 0.2) is 0 Å². The van der Waals surface area contributed by atoms with Gasteiger partial charge in [-0.2, -0.15) is 0 Å². The molecular formula is C11H22N2O. The Labute approximate surface area is 86.6 Å². The standard InChI is InChI=1S/C11H22N2O/c1-13-5-6-14-11(8-13)10(12)7-9-3-2-4-9/h9-11H,2-8,12H2,1H3. The van der Waals surface area contributed by atoms with E-state index in [-0.39, 0.29) is 12.1 Å². The van der Waals surface area contributed by atoms with Gasteiger partial charge >= 0.3 is 0 Å². The largest absolute Gasteiger partial charge is 0.374 e. The van der Waals surface area contributed by atoms with Crippen LogP contribution in [0.1, 0.15) is 25.7 Å². The summed E-state index contributed by atoms with van der Waals surface area (Å²) in [4.78, 5) is 2.31. The van der Waals surface area contributed by atoms with E-state index in [1.807, 2.05) is 0 Å². The molecule has 3 nitrogen and oxygen atoms in total. The Kier molecular flexibility index (Phi) is 3.42. The molecule has 14 heavy (non-hydrogen) atoms. The van der Waals surface area contributed by atoms with Gasteiger partial charge in [-0.3, -0.25) is 0 Å². The number of hydrogen-bond donors (Lipinski definition) is 1. The quantitative estimate of drug-likeness (QED) is 0.730. The third kappa shape index (κ3) is 2.47. The monoisotopic (exact) mass is 198 g/mol. The van der Waals surface area contributed by atoms with Crippen LogP contribution in [0.2, 0.25) is 0 Å². The zero-order chi connectivity index (χ0) is 9.97. The van der Waals surface area contributed by atoms with E-state index in [1.54, 1.807) is 0 Å². The molecule has 0 aromatic heterocycles. The molecule has 0 spiro atoms. The number of nitrogens with zero attached hydrogens (tertiary/aromatic N) is 1. The lowest BCUT2D eigenvalue weighted by atomic mass is 9.80. The van der Waals surface area contributed by atoms with Gasteiger partial charge in [0.25, 0.3) is 0 Å². The van der Waals surface area contributed by atoms with Gasteiger partial charge in [0.05, 0.1) is 12.7 Å². The van der Waals surface area contributed by atoms with Crippen LogP contribution in [0.5, 0.6) is 0 Å². The number of rotatable bonds is 3. The Bertz CT molecular complexity index is 182. The van der Waals surface area contributed by atoms with E-state index >= 15 is 0 Å². The minimum atomic E-state index is 0.253. The fraction of sp³-hybridized carbons (Fsp3) is 1.00. The summed E-state index contributed by atoms with van der Waals surface area (Å²) in [6.45, 7) is 2.90. The minimum absolute atomic E-state index is 0.253. The summed E-state index contributed by atoms with van der Waals surface area (Å²) in [6, 6.07) is 0.253. The highest BCUT2D eigenvalue weighted by atomic mass is 16.5. The van der Waals surface area contributed by atoms with E-state index in [4.69, 9.17) is 10.5 Å². The lowest BCUT2D eigenvalue weighted by Gasteiger charge is -2.36. The minimum Gasteiger partial charge on any atom is -0.374 e. The van der Waals surface area contributed by atoms with Crippen LogP contribution in [0.25, 0.3) is 0 Å². The number of morpholine rings is 1. The van der Waals surface area contributed by atoms with Crippen molar-refractivity contribution in [3.63, 3.8) is 0 Å². The second-order valence-electron chi connectivity index (χ2n) is 4.87. The summed E-state index contributed by atoms with van der Waals surface area (Å²) >= 11 is 0. The lowest BCUT2D eigenvalue weighted by Crippen LogP contribution is -2.50. The van der Waals surface area contributed by atoms with Crippen LogP contribution < -0.4 is 5.73 Å². The third-order valence-electron chi connectivity index (χ3n) is 3.60. The average molecular weight is 198 g/mol. The molecular weight excluding hydrogens is 176 g/mol. The summed E-state index contributed by atoms with van der Waals surface area (Å²) in [5.74, 6) is 0.890. The molecule has 0 radical (unpaired) electrons. The summed E-state index contributed by atoms with van der Waals surface area (Å²) in [6.07, 6.45) is 5.61. The highest BCUT2D eigenvalue weighted by Gasteiger charge is 2.28. The van der Waals surface area contributed by atoms with Crippen molar-refractivity contribution in [1.82, 2.24) is 4.90 Å². The molecule has 2 rings (SSSR count). The topological polar surface area (TPSA) is 38.5 Å². The number of hydrogen-bond acceptors (Lipinski definition) is 3. The maximum absolute atomic E-state index is 6.17. The summed E-state index contributed by atoms with van der Waals surface area (Å²) in [5, 5.41) is 0. The van der Waals surface area contributed by atoms with Gasteiger partial charge in [-0.25, -0.2) is 0 Å². The van der Waals surface area contributed by atoms with Crippen LogP contribution in [0.3, 0.4) is 0 Å². The van der Waals surface area contributed by atoms with Crippen molar-refractivity contribution in [3.05, 3.63) is 0 Å².